The number of carbonyl (C=O) groups excluding carboxylic acids is 9. The number of allylic oxidation sites excluding steroid dienone is 1. The quantitative estimate of drug-likeness (QED) is 0.0388. The van der Waals surface area contributed by atoms with Crippen molar-refractivity contribution in [2.75, 3.05) is 33.9 Å². The Hall–Kier alpha value is -10.1. The molecule has 4 aliphatic rings. The van der Waals surface area contributed by atoms with E-state index in [0.717, 1.165) is 56.7 Å². The summed E-state index contributed by atoms with van der Waals surface area (Å²) in [6.45, 7) is 7.75. The van der Waals surface area contributed by atoms with E-state index in [9.17, 15) is 59.7 Å². The molecule has 7 amide bonds. The van der Waals surface area contributed by atoms with Crippen LogP contribution < -0.4 is 37.6 Å². The lowest BCUT2D eigenvalue weighted by molar-refractivity contribution is -0.236. The summed E-state index contributed by atoms with van der Waals surface area (Å²) in [6.07, 6.45) is -18.3. The number of likely N-dealkylation sites (N-methyl/N-ethyl adjacent to an activating group) is 1. The number of methoxy groups -OCH3 is 1. The minimum Gasteiger partial charge on any atom is -0.506 e. The SMILES string of the molecule is C=C(NC(=O)c1csc(-c2nc3c(cc2O)-c2nc(cs2)C(=O)N[C@@H]([C@@H](C)O)C(=O)N/C(=C(\C)OC)c2nc(cs2)C(=O)N[C@@H]2c4nc(cs4)C(=O)N[C@@H](COC(=O)c4[nH]c5cccc6c5c4COC2[C@H](O[C@H]2C[C@H](C)OC(C(=O)NC[C@H](O)[C@@H](O)[C@H](O)[C@H](O)CO)N(C)[C@@H](C)[C@H](C)O2)C(=O)OC6)c2nc-3cs2)n1)C(N)=O. The number of cyclic esters (lactones) is 2. The van der Waals surface area contributed by atoms with E-state index in [2.05, 4.69) is 58.4 Å². The Morgan fingerprint density at radius 3 is 2.17 bits per heavy atom. The first-order valence-electron chi connectivity index (χ1n) is 34.3. The van der Waals surface area contributed by atoms with E-state index in [1.807, 2.05) is 0 Å². The Balaban J connectivity index is 0.986. The van der Waals surface area contributed by atoms with Gasteiger partial charge >= 0.3 is 11.9 Å². The fraction of sp³-hybridized carbons (Fsp3) is 0.406. The number of pyridine rings is 1. The molecule has 1 saturated heterocycles. The number of amides is 7. The highest BCUT2D eigenvalue weighted by Gasteiger charge is 2.47. The molecule has 1 aromatic carbocycles. The van der Waals surface area contributed by atoms with Crippen LogP contribution in [0.1, 0.15) is 132 Å². The smallest absolute Gasteiger partial charge is 0.355 e. The number of aromatic amines is 1. The highest BCUT2D eigenvalue weighted by atomic mass is 32.1. The average Bonchev–Trinajstić information content (AvgIpc) is 1.67. The molecule has 16 N–H and O–H groups in total. The largest absolute Gasteiger partial charge is 0.506 e. The van der Waals surface area contributed by atoms with Crippen LogP contribution in [0.3, 0.4) is 0 Å². The zero-order valence-corrected chi connectivity index (χ0v) is 64.3. The molecule has 0 aliphatic carbocycles. The molecule has 1 fully saturated rings. The third kappa shape index (κ3) is 17.4. The third-order valence-corrected chi connectivity index (χ3v) is 23.1. The Kier molecular flexibility index (Phi) is 25.1. The maximum absolute atomic E-state index is 15.5. The molecule has 43 heteroatoms. The van der Waals surface area contributed by atoms with Crippen LogP contribution in [0.25, 0.3) is 49.3 Å². The van der Waals surface area contributed by atoms with Gasteiger partial charge in [0, 0.05) is 67.9 Å². The first-order valence-corrected chi connectivity index (χ1v) is 38.7. The van der Waals surface area contributed by atoms with Crippen molar-refractivity contribution in [1.29, 1.82) is 0 Å². The molecule has 594 valence electrons. The van der Waals surface area contributed by atoms with Gasteiger partial charge in [-0.15, -0.1) is 56.7 Å². The second kappa shape index (κ2) is 34.5. The standard InChI is InChI=1S/C69H75N15O23S5/c1-24-12-43(106-28(5)26(3)84(7)67(105-24)61(98)71-14-41(88)51(90)52(91)42(89)15-85)107-54-53-50-66-79-37(22-112-66)57(94)74-34(18-104-68(99)48-32(17-102-53)44-30(16-103-69(54)100)10-9-11-33(44)73-48)63-75-35(19-109-63)47-31(13-40(87)49(80-47)65-78-36(21-111-65)56(93)72-25(2)55(70)92)62-76-38(20-108-62)58(95)81-45(27(4)86)60(97)82-46(29(6)101-8)64-77-39(23-110-64)59(96)83-50/h9-11,13,19-24,26-28,34,41-43,45,50-54,67,73,85-91H,2,12,14-18H2,1,3-8H3,(H2,70,92)(H,71,98)(H,72,93)(H,74,94)(H,81,95)(H,82,97)(H,83,96)/b46-29+/t24-,26-,27+,28-,34-,41-,42+,43-,45-,50-,51+,52+,53?,54-,67?/m0/s1. The number of thiazole rings is 5. The maximum Gasteiger partial charge on any atom is 0.355 e. The lowest BCUT2D eigenvalue weighted by atomic mass is 10.0. The summed E-state index contributed by atoms with van der Waals surface area (Å²) in [5.74, 6) is -9.15. The molecule has 15 atom stereocenters. The van der Waals surface area contributed by atoms with Crippen LogP contribution in [-0.4, -0.2) is 242 Å². The summed E-state index contributed by atoms with van der Waals surface area (Å²) in [6, 6.07) is 0.655. The predicted octanol–water partition coefficient (Wildman–Crippen LogP) is 1.10. The van der Waals surface area contributed by atoms with E-state index in [1.165, 1.54) is 58.8 Å². The van der Waals surface area contributed by atoms with Crippen LogP contribution in [0.2, 0.25) is 0 Å². The van der Waals surface area contributed by atoms with Crippen molar-refractivity contribution >= 4 is 127 Å². The van der Waals surface area contributed by atoms with Gasteiger partial charge in [-0.2, -0.15) is 0 Å². The molecule has 38 nitrogen and oxygen atoms in total. The van der Waals surface area contributed by atoms with Gasteiger partial charge in [0.05, 0.1) is 50.4 Å². The predicted molar refractivity (Wildman–Crippen MR) is 397 cm³/mol. The number of H-pyrrole nitrogens is 1. The van der Waals surface area contributed by atoms with E-state index in [0.29, 0.717) is 16.5 Å². The molecule has 2 unspecified atom stereocenters. The molecular formula is C69H75N15O23S5. The van der Waals surface area contributed by atoms with Gasteiger partial charge in [0.25, 0.3) is 35.4 Å². The zero-order chi connectivity index (χ0) is 80.4. The van der Waals surface area contributed by atoms with E-state index < -0.39 is 189 Å². The second-order valence-corrected chi connectivity index (χ2v) is 30.6. The van der Waals surface area contributed by atoms with Crippen LogP contribution in [0.4, 0.5) is 0 Å². The Morgan fingerprint density at radius 1 is 0.786 bits per heavy atom. The van der Waals surface area contributed by atoms with Crippen LogP contribution in [0, 0.1) is 0 Å². The normalized spacial score (nSPS) is 24.1. The molecule has 0 spiro atoms. The summed E-state index contributed by atoms with van der Waals surface area (Å²) in [4.78, 5) is 162. The number of nitrogens with two attached hydrogens (primary N) is 1. The number of hydrogen-bond donors (Lipinski definition) is 15. The Morgan fingerprint density at radius 2 is 1.45 bits per heavy atom. The van der Waals surface area contributed by atoms with Gasteiger partial charge in [-0.25, -0.2) is 39.5 Å². The lowest BCUT2D eigenvalue weighted by Crippen LogP contribution is -2.55. The zero-order valence-electron chi connectivity index (χ0n) is 60.2. The minimum atomic E-state index is -2.01. The number of esters is 2. The molecule has 11 heterocycles. The van der Waals surface area contributed by atoms with Gasteiger partial charge in [0.15, 0.2) is 18.6 Å². The van der Waals surface area contributed by atoms with Crippen molar-refractivity contribution in [3.8, 4) is 38.4 Å². The number of nitrogens with one attached hydrogen (secondary N) is 7. The Bertz CT molecular complexity index is 5000. The van der Waals surface area contributed by atoms with Gasteiger partial charge in [0.1, 0.15) is 144 Å². The summed E-state index contributed by atoms with van der Waals surface area (Å²) in [5, 5.41) is 96.7. The van der Waals surface area contributed by atoms with E-state index in [1.54, 1.807) is 46.0 Å². The van der Waals surface area contributed by atoms with Crippen molar-refractivity contribution in [2.45, 2.75) is 146 Å². The number of rotatable bonds is 15. The van der Waals surface area contributed by atoms with Gasteiger partial charge in [0.2, 0.25) is 5.91 Å². The second-order valence-electron chi connectivity index (χ2n) is 26.2. The molecule has 0 saturated carbocycles. The molecule has 7 aromatic heterocycles. The van der Waals surface area contributed by atoms with Gasteiger partial charge in [-0.3, -0.25) is 38.5 Å². The Labute approximate surface area is 654 Å². The van der Waals surface area contributed by atoms with Crippen molar-refractivity contribution < 1.29 is 112 Å². The van der Waals surface area contributed by atoms with E-state index >= 15 is 19.2 Å². The monoisotopic (exact) mass is 1640 g/mol. The van der Waals surface area contributed by atoms with Crippen LogP contribution >= 0.6 is 56.7 Å². The van der Waals surface area contributed by atoms with E-state index in [4.69, 9.17) is 53.8 Å². The first-order chi connectivity index (χ1) is 53.4. The van der Waals surface area contributed by atoms with Gasteiger partial charge < -0.3 is 112 Å². The van der Waals surface area contributed by atoms with E-state index in [-0.39, 0.29) is 99.6 Å². The molecule has 4 aliphatic heterocycles. The molecule has 8 aromatic rings. The summed E-state index contributed by atoms with van der Waals surface area (Å²) in [7, 11) is 2.83. The average molecular weight is 1640 g/mol. The van der Waals surface area contributed by atoms with Crippen molar-refractivity contribution in [3.63, 3.8) is 0 Å². The number of carbonyl (C=O) groups is 9. The highest BCUT2D eigenvalue weighted by molar-refractivity contribution is 7.14. The number of primary amides is 1. The molecule has 12 bridgehead atoms. The number of aliphatic hydroxyl groups is 6. The van der Waals surface area contributed by atoms with Crippen LogP contribution in [-0.2, 0) is 65.5 Å². The number of fused-ring (bicyclic) bond motifs is 15. The molecule has 0 radical (unpaired) electrons. The summed E-state index contributed by atoms with van der Waals surface area (Å²) in [5.41, 5.74) is 4.17. The first kappa shape index (κ1) is 81.4. The number of nitrogens with zero attached hydrogens (tertiary/aromatic N) is 7. The molecular weight excluding hydrogens is 1570 g/mol. The maximum atomic E-state index is 15.5. The van der Waals surface area contributed by atoms with Crippen LogP contribution in [0.15, 0.2) is 69.2 Å². The number of aromatic hydroxyl groups is 1. The summed E-state index contributed by atoms with van der Waals surface area (Å²) < 4.78 is 44.8. The minimum absolute atomic E-state index is 0.0218. The van der Waals surface area contributed by atoms with Crippen LogP contribution in [0.5, 0.6) is 5.75 Å². The number of aliphatic hydroxyl groups excluding tert-OH is 6. The van der Waals surface area contributed by atoms with Crippen molar-refractivity contribution in [3.05, 3.63) is 124 Å². The molecule has 112 heavy (non-hydrogen) atoms. The fourth-order valence-corrected chi connectivity index (χ4v) is 16.3. The molecule has 12 rings (SSSR count). The van der Waals surface area contributed by atoms with Gasteiger partial charge in [-0.05, 0) is 59.4 Å². The number of aromatic nitrogens is 7. The third-order valence-electron chi connectivity index (χ3n) is 18.6. The van der Waals surface area contributed by atoms with Crippen molar-refractivity contribution in [2.24, 2.45) is 5.73 Å². The highest BCUT2D eigenvalue weighted by Crippen LogP contribution is 2.43. The number of hydrogen-bond acceptors (Lipinski definition) is 35. The fourth-order valence-electron chi connectivity index (χ4n) is 12.1. The van der Waals surface area contributed by atoms with Gasteiger partial charge in [-0.1, -0.05) is 18.7 Å². The topological polar surface area (TPSA) is 554 Å². The number of ether oxygens (including phenoxy) is 7. The lowest BCUT2D eigenvalue weighted by Gasteiger charge is -2.36. The summed E-state index contributed by atoms with van der Waals surface area (Å²) >= 11 is 4.40. The van der Waals surface area contributed by atoms with Crippen molar-refractivity contribution in [1.82, 2.24) is 71.7 Å². The number of benzene rings is 1.